The van der Waals surface area contributed by atoms with Crippen molar-refractivity contribution in [1.82, 2.24) is 5.32 Å². The van der Waals surface area contributed by atoms with E-state index in [9.17, 15) is 4.79 Å². The molecule has 0 fully saturated rings. The average Bonchev–Trinajstić information content (AvgIpc) is 2.60. The summed E-state index contributed by atoms with van der Waals surface area (Å²) in [6, 6.07) is 16.7. The number of nitrogens with one attached hydrogen (secondary N) is 2. The molecule has 2 aromatic rings. The number of carbonyl (C=O) groups is 1. The van der Waals surface area contributed by atoms with Gasteiger partial charge in [-0.05, 0) is 48.1 Å². The van der Waals surface area contributed by atoms with Crippen LogP contribution in [0.1, 0.15) is 56.3 Å². The van der Waals surface area contributed by atoms with Crippen LogP contribution < -0.4 is 10.6 Å². The molecule has 128 valence electrons. The lowest BCUT2D eigenvalue weighted by Crippen LogP contribution is -2.30. The number of hydrogen-bond donors (Lipinski definition) is 2. The minimum atomic E-state index is -0.0232. The van der Waals surface area contributed by atoms with Gasteiger partial charge >= 0.3 is 0 Å². The Bertz CT molecular complexity index is 645. The summed E-state index contributed by atoms with van der Waals surface area (Å²) in [5.41, 5.74) is 4.64. The van der Waals surface area contributed by atoms with Gasteiger partial charge in [-0.1, -0.05) is 57.2 Å². The zero-order valence-electron chi connectivity index (χ0n) is 15.1. The second kappa shape index (κ2) is 8.65. The molecule has 2 N–H and O–H groups in total. The Balaban J connectivity index is 1.83. The quantitative estimate of drug-likeness (QED) is 0.777. The predicted octanol–water partition coefficient (Wildman–Crippen LogP) is 4.66. The Hall–Kier alpha value is -2.13. The largest absolute Gasteiger partial charge is 0.325 e. The lowest BCUT2D eigenvalue weighted by Gasteiger charge is -2.15. The van der Waals surface area contributed by atoms with Gasteiger partial charge in [-0.25, -0.2) is 0 Å². The van der Waals surface area contributed by atoms with Crippen molar-refractivity contribution >= 4 is 11.6 Å². The van der Waals surface area contributed by atoms with Crippen LogP contribution in [0.4, 0.5) is 5.69 Å². The van der Waals surface area contributed by atoms with Crippen LogP contribution in [0.3, 0.4) is 0 Å². The predicted molar refractivity (Wildman–Crippen MR) is 101 cm³/mol. The minimum Gasteiger partial charge on any atom is -0.325 e. The molecule has 0 aliphatic carbocycles. The molecular weight excluding hydrogens is 296 g/mol. The van der Waals surface area contributed by atoms with E-state index in [0.29, 0.717) is 12.5 Å². The number of rotatable bonds is 7. The number of carbonyl (C=O) groups excluding carboxylic acids is 1. The van der Waals surface area contributed by atoms with Crippen molar-refractivity contribution in [2.45, 2.75) is 46.1 Å². The highest BCUT2D eigenvalue weighted by atomic mass is 16.1. The topological polar surface area (TPSA) is 41.1 Å². The highest BCUT2D eigenvalue weighted by Crippen LogP contribution is 2.18. The summed E-state index contributed by atoms with van der Waals surface area (Å²) in [6.45, 7) is 8.87. The first-order chi connectivity index (χ1) is 11.5. The van der Waals surface area contributed by atoms with Gasteiger partial charge in [0.15, 0.2) is 0 Å². The molecule has 3 heteroatoms. The van der Waals surface area contributed by atoms with Crippen LogP contribution in [-0.4, -0.2) is 12.5 Å². The molecule has 0 spiro atoms. The van der Waals surface area contributed by atoms with Crippen molar-refractivity contribution in [3.8, 4) is 0 Å². The molecule has 0 radical (unpaired) electrons. The number of hydrogen-bond acceptors (Lipinski definition) is 2. The smallest absolute Gasteiger partial charge is 0.238 e. The van der Waals surface area contributed by atoms with Crippen LogP contribution in [0.25, 0.3) is 0 Å². The van der Waals surface area contributed by atoms with Crippen molar-refractivity contribution in [2.24, 2.45) is 0 Å². The summed E-state index contributed by atoms with van der Waals surface area (Å²) in [5, 5.41) is 6.20. The van der Waals surface area contributed by atoms with E-state index < -0.39 is 0 Å². The van der Waals surface area contributed by atoms with Gasteiger partial charge in [-0.3, -0.25) is 4.79 Å². The maximum atomic E-state index is 12.1. The summed E-state index contributed by atoms with van der Waals surface area (Å²) in [5.74, 6) is 0.511. The highest BCUT2D eigenvalue weighted by molar-refractivity contribution is 5.92. The molecule has 0 unspecified atom stereocenters. The number of anilines is 1. The van der Waals surface area contributed by atoms with Crippen LogP contribution in [0.15, 0.2) is 48.5 Å². The zero-order valence-corrected chi connectivity index (χ0v) is 15.1. The third-order valence-electron chi connectivity index (χ3n) is 4.32. The molecule has 0 saturated heterocycles. The molecule has 1 amide bonds. The SMILES string of the molecule is CCc1ccc(NC(=O)CN[C@H](C)c2ccc(C(C)C)cc2)cc1. The van der Waals surface area contributed by atoms with Crippen LogP contribution in [0.2, 0.25) is 0 Å². The third kappa shape index (κ3) is 5.20. The fourth-order valence-corrected chi connectivity index (χ4v) is 2.56. The summed E-state index contributed by atoms with van der Waals surface area (Å²) in [4.78, 5) is 12.1. The van der Waals surface area contributed by atoms with E-state index >= 15 is 0 Å². The Labute approximate surface area is 145 Å². The molecule has 1 atom stereocenters. The summed E-state index contributed by atoms with van der Waals surface area (Å²) in [6.07, 6.45) is 1.00. The fourth-order valence-electron chi connectivity index (χ4n) is 2.56. The first-order valence-electron chi connectivity index (χ1n) is 8.71. The monoisotopic (exact) mass is 324 g/mol. The van der Waals surface area contributed by atoms with Gasteiger partial charge in [0, 0.05) is 11.7 Å². The van der Waals surface area contributed by atoms with E-state index in [4.69, 9.17) is 0 Å². The lowest BCUT2D eigenvalue weighted by atomic mass is 9.99. The molecule has 2 aromatic carbocycles. The van der Waals surface area contributed by atoms with Gasteiger partial charge in [0.2, 0.25) is 5.91 Å². The van der Waals surface area contributed by atoms with Crippen LogP contribution in [-0.2, 0) is 11.2 Å². The molecule has 0 heterocycles. The van der Waals surface area contributed by atoms with Crippen LogP contribution in [0, 0.1) is 0 Å². The standard InChI is InChI=1S/C21H28N2O/c1-5-17-6-12-20(13-7-17)23-21(24)14-22-16(4)19-10-8-18(9-11-19)15(2)3/h6-13,15-16,22H,5,14H2,1-4H3,(H,23,24)/t16-/m1/s1. The van der Waals surface area contributed by atoms with E-state index in [2.05, 4.69) is 62.6 Å². The average molecular weight is 324 g/mol. The number of amides is 1. The molecule has 0 saturated carbocycles. The molecule has 2 rings (SSSR count). The molecule has 0 aliphatic heterocycles. The van der Waals surface area contributed by atoms with E-state index in [1.165, 1.54) is 16.7 Å². The maximum Gasteiger partial charge on any atom is 0.238 e. The first kappa shape index (κ1) is 18.2. The van der Waals surface area contributed by atoms with E-state index in [-0.39, 0.29) is 11.9 Å². The van der Waals surface area contributed by atoms with Crippen molar-refractivity contribution < 1.29 is 4.79 Å². The van der Waals surface area contributed by atoms with Crippen molar-refractivity contribution in [1.29, 1.82) is 0 Å². The normalized spacial score (nSPS) is 12.2. The summed E-state index contributed by atoms with van der Waals surface area (Å²) in [7, 11) is 0. The fraction of sp³-hybridized carbons (Fsp3) is 0.381. The lowest BCUT2D eigenvalue weighted by molar-refractivity contribution is -0.115. The molecule has 0 aliphatic rings. The van der Waals surface area contributed by atoms with Gasteiger partial charge in [0.25, 0.3) is 0 Å². The van der Waals surface area contributed by atoms with Gasteiger partial charge in [0.1, 0.15) is 0 Å². The van der Waals surface area contributed by atoms with Gasteiger partial charge < -0.3 is 10.6 Å². The van der Waals surface area contributed by atoms with Crippen LogP contribution >= 0.6 is 0 Å². The van der Waals surface area contributed by atoms with Crippen molar-refractivity contribution in [2.75, 3.05) is 11.9 Å². The van der Waals surface area contributed by atoms with E-state index in [1.54, 1.807) is 0 Å². The maximum absolute atomic E-state index is 12.1. The molecule has 3 nitrogen and oxygen atoms in total. The second-order valence-corrected chi connectivity index (χ2v) is 6.52. The zero-order chi connectivity index (χ0) is 17.5. The third-order valence-corrected chi connectivity index (χ3v) is 4.32. The van der Waals surface area contributed by atoms with E-state index in [0.717, 1.165) is 12.1 Å². The second-order valence-electron chi connectivity index (χ2n) is 6.52. The Kier molecular flexibility index (Phi) is 6.56. The van der Waals surface area contributed by atoms with Crippen molar-refractivity contribution in [3.63, 3.8) is 0 Å². The minimum absolute atomic E-state index is 0.0232. The molecule has 0 aromatic heterocycles. The van der Waals surface area contributed by atoms with Gasteiger partial charge in [-0.15, -0.1) is 0 Å². The number of aryl methyl sites for hydroxylation is 1. The Morgan fingerprint density at radius 1 is 0.917 bits per heavy atom. The first-order valence-corrected chi connectivity index (χ1v) is 8.71. The Morgan fingerprint density at radius 3 is 2.04 bits per heavy atom. The van der Waals surface area contributed by atoms with Gasteiger partial charge in [-0.2, -0.15) is 0 Å². The van der Waals surface area contributed by atoms with Crippen LogP contribution in [0.5, 0.6) is 0 Å². The summed E-state index contributed by atoms with van der Waals surface area (Å²) < 4.78 is 0. The summed E-state index contributed by atoms with van der Waals surface area (Å²) >= 11 is 0. The van der Waals surface area contributed by atoms with E-state index in [1.807, 2.05) is 24.3 Å². The highest BCUT2D eigenvalue weighted by Gasteiger charge is 2.09. The molecule has 0 bridgehead atoms. The number of benzene rings is 2. The van der Waals surface area contributed by atoms with Gasteiger partial charge in [0.05, 0.1) is 6.54 Å². The van der Waals surface area contributed by atoms with Crippen molar-refractivity contribution in [3.05, 3.63) is 65.2 Å². The molecular formula is C21H28N2O. The molecule has 24 heavy (non-hydrogen) atoms. The Morgan fingerprint density at radius 2 is 1.50 bits per heavy atom.